The topological polar surface area (TPSA) is 47.0 Å². The van der Waals surface area contributed by atoms with Gasteiger partial charge in [0.15, 0.2) is 0 Å². The molecule has 0 aliphatic carbocycles. The Hall–Kier alpha value is -0.650. The van der Waals surface area contributed by atoms with Crippen LogP contribution in [0.5, 0.6) is 0 Å². The summed E-state index contributed by atoms with van der Waals surface area (Å²) >= 11 is 0. The first-order valence-corrected chi connectivity index (χ1v) is 8.48. The van der Waals surface area contributed by atoms with Crippen molar-refractivity contribution >= 4 is 5.97 Å². The molecular weight excluding hydrogens is 266 g/mol. The van der Waals surface area contributed by atoms with Gasteiger partial charge in [-0.3, -0.25) is 14.6 Å². The van der Waals surface area contributed by atoms with Gasteiger partial charge < -0.3 is 10.0 Å². The van der Waals surface area contributed by atoms with Crippen molar-refractivity contribution in [2.24, 2.45) is 0 Å². The third-order valence-electron chi connectivity index (χ3n) is 4.96. The number of nitrogens with zero attached hydrogens (tertiary/aromatic N) is 3. The summed E-state index contributed by atoms with van der Waals surface area (Å²) in [5.41, 5.74) is 0. The zero-order chi connectivity index (χ0) is 15.2. The second-order valence-electron chi connectivity index (χ2n) is 6.77. The largest absolute Gasteiger partial charge is 0.480 e. The highest BCUT2D eigenvalue weighted by Crippen LogP contribution is 2.19. The van der Waals surface area contributed by atoms with Gasteiger partial charge in [0, 0.05) is 31.7 Å². The van der Waals surface area contributed by atoms with Gasteiger partial charge in [-0.25, -0.2) is 0 Å². The van der Waals surface area contributed by atoms with Gasteiger partial charge in [-0.1, -0.05) is 0 Å². The van der Waals surface area contributed by atoms with E-state index in [-0.39, 0.29) is 6.54 Å². The van der Waals surface area contributed by atoms with Crippen molar-refractivity contribution in [2.75, 3.05) is 45.8 Å². The van der Waals surface area contributed by atoms with Crippen LogP contribution in [0.25, 0.3) is 0 Å². The summed E-state index contributed by atoms with van der Waals surface area (Å²) in [7, 11) is 0. The van der Waals surface area contributed by atoms with Crippen LogP contribution in [0.3, 0.4) is 0 Å². The van der Waals surface area contributed by atoms with Crippen LogP contribution in [0.2, 0.25) is 0 Å². The number of hydrogen-bond acceptors (Lipinski definition) is 4. The summed E-state index contributed by atoms with van der Waals surface area (Å²) in [6, 6.07) is 1.34. The lowest BCUT2D eigenvalue weighted by Gasteiger charge is -2.30. The van der Waals surface area contributed by atoms with Crippen LogP contribution in [-0.4, -0.2) is 83.7 Å². The van der Waals surface area contributed by atoms with Crippen molar-refractivity contribution < 1.29 is 9.90 Å². The molecule has 2 aliphatic heterocycles. The summed E-state index contributed by atoms with van der Waals surface area (Å²) in [6.07, 6.45) is 4.94. The van der Waals surface area contributed by atoms with E-state index in [9.17, 15) is 4.79 Å². The van der Waals surface area contributed by atoms with E-state index in [1.165, 1.54) is 32.4 Å². The number of carbonyl (C=O) groups is 1. The van der Waals surface area contributed by atoms with Crippen LogP contribution in [0.4, 0.5) is 0 Å². The lowest BCUT2D eigenvalue weighted by Crippen LogP contribution is -2.40. The molecule has 0 aromatic carbocycles. The Balaban J connectivity index is 1.83. The summed E-state index contributed by atoms with van der Waals surface area (Å²) in [6.45, 7) is 11.2. The normalized spacial score (nSPS) is 27.5. The fourth-order valence-electron chi connectivity index (χ4n) is 3.69. The van der Waals surface area contributed by atoms with Crippen LogP contribution in [0.1, 0.15) is 39.5 Å². The zero-order valence-corrected chi connectivity index (χ0v) is 13.6. The standard InChI is InChI=1S/C16H31N3O2/c1-14(2)18-8-3-5-15(6-10-18)19-9-4-7-17(11-12-19)13-16(20)21/h14-15H,3-13H2,1-2H3,(H,20,21). The summed E-state index contributed by atoms with van der Waals surface area (Å²) in [4.78, 5) is 18.1. The van der Waals surface area contributed by atoms with Crippen LogP contribution in [0.15, 0.2) is 0 Å². The van der Waals surface area contributed by atoms with Crippen molar-refractivity contribution in [1.82, 2.24) is 14.7 Å². The molecule has 122 valence electrons. The molecule has 0 spiro atoms. The maximum Gasteiger partial charge on any atom is 0.317 e. The molecule has 2 fully saturated rings. The number of carboxylic acids is 1. The maximum atomic E-state index is 10.8. The Kier molecular flexibility index (Phi) is 6.45. The molecule has 1 unspecified atom stereocenters. The molecule has 5 nitrogen and oxygen atoms in total. The third-order valence-corrected chi connectivity index (χ3v) is 4.96. The molecule has 2 heterocycles. The number of carboxylic acid groups (broad SMARTS) is 1. The maximum absolute atomic E-state index is 10.8. The molecule has 0 amide bonds. The highest BCUT2D eigenvalue weighted by molar-refractivity contribution is 5.69. The van der Waals surface area contributed by atoms with Crippen molar-refractivity contribution in [3.63, 3.8) is 0 Å². The fraction of sp³-hybridized carbons (Fsp3) is 0.938. The van der Waals surface area contributed by atoms with Crippen molar-refractivity contribution in [2.45, 2.75) is 51.6 Å². The Morgan fingerprint density at radius 3 is 2.57 bits per heavy atom. The molecule has 0 aromatic heterocycles. The van der Waals surface area contributed by atoms with E-state index < -0.39 is 5.97 Å². The molecule has 2 saturated heterocycles. The average Bonchev–Trinajstić information content (AvgIpc) is 2.78. The minimum Gasteiger partial charge on any atom is -0.480 e. The number of aliphatic carboxylic acids is 1. The molecular formula is C16H31N3O2. The van der Waals surface area contributed by atoms with Crippen LogP contribution in [-0.2, 0) is 4.79 Å². The smallest absolute Gasteiger partial charge is 0.317 e. The molecule has 1 atom stereocenters. The van der Waals surface area contributed by atoms with Crippen LogP contribution in [0, 0.1) is 0 Å². The number of likely N-dealkylation sites (tertiary alicyclic amines) is 1. The first-order chi connectivity index (χ1) is 10.1. The van der Waals surface area contributed by atoms with E-state index in [1.807, 2.05) is 0 Å². The SMILES string of the molecule is CC(C)N1CCCC(N2CCCN(CC(=O)O)CC2)CC1. The predicted octanol–water partition coefficient (Wildman–Crippen LogP) is 1.34. The Morgan fingerprint density at radius 1 is 1.05 bits per heavy atom. The number of hydrogen-bond donors (Lipinski definition) is 1. The molecule has 1 N–H and O–H groups in total. The molecule has 21 heavy (non-hydrogen) atoms. The van der Waals surface area contributed by atoms with E-state index in [4.69, 9.17) is 5.11 Å². The minimum absolute atomic E-state index is 0.194. The Bertz CT molecular complexity index is 335. The quantitative estimate of drug-likeness (QED) is 0.848. The molecule has 2 aliphatic rings. The van der Waals surface area contributed by atoms with Crippen LogP contribution >= 0.6 is 0 Å². The van der Waals surface area contributed by atoms with E-state index >= 15 is 0 Å². The van der Waals surface area contributed by atoms with Gasteiger partial charge in [0.2, 0.25) is 0 Å². The van der Waals surface area contributed by atoms with E-state index in [2.05, 4.69) is 28.5 Å². The Morgan fingerprint density at radius 2 is 1.86 bits per heavy atom. The number of rotatable bonds is 4. The summed E-state index contributed by atoms with van der Waals surface area (Å²) in [5, 5.41) is 8.93. The lowest BCUT2D eigenvalue weighted by atomic mass is 10.1. The highest BCUT2D eigenvalue weighted by Gasteiger charge is 2.25. The molecule has 0 bridgehead atoms. The van der Waals surface area contributed by atoms with Crippen molar-refractivity contribution in [3.8, 4) is 0 Å². The minimum atomic E-state index is -0.703. The second kappa shape index (κ2) is 8.11. The first kappa shape index (κ1) is 16.7. The second-order valence-corrected chi connectivity index (χ2v) is 6.77. The van der Waals surface area contributed by atoms with Gasteiger partial charge in [-0.05, 0) is 59.2 Å². The monoisotopic (exact) mass is 297 g/mol. The first-order valence-electron chi connectivity index (χ1n) is 8.48. The van der Waals surface area contributed by atoms with E-state index in [0.29, 0.717) is 12.1 Å². The van der Waals surface area contributed by atoms with Crippen molar-refractivity contribution in [3.05, 3.63) is 0 Å². The van der Waals surface area contributed by atoms with Gasteiger partial charge >= 0.3 is 5.97 Å². The summed E-state index contributed by atoms with van der Waals surface area (Å²) < 4.78 is 0. The van der Waals surface area contributed by atoms with Crippen molar-refractivity contribution in [1.29, 1.82) is 0 Å². The summed E-state index contributed by atoms with van der Waals surface area (Å²) in [5.74, 6) is -0.703. The van der Waals surface area contributed by atoms with E-state index in [0.717, 1.165) is 32.6 Å². The molecule has 0 aromatic rings. The van der Waals surface area contributed by atoms with Gasteiger partial charge in [0.05, 0.1) is 6.54 Å². The van der Waals surface area contributed by atoms with E-state index in [1.54, 1.807) is 0 Å². The lowest BCUT2D eigenvalue weighted by molar-refractivity contribution is -0.138. The zero-order valence-electron chi connectivity index (χ0n) is 13.6. The average molecular weight is 297 g/mol. The van der Waals surface area contributed by atoms with Gasteiger partial charge in [-0.15, -0.1) is 0 Å². The molecule has 2 rings (SSSR count). The molecule has 0 radical (unpaired) electrons. The fourth-order valence-corrected chi connectivity index (χ4v) is 3.69. The predicted molar refractivity (Wildman–Crippen MR) is 84.6 cm³/mol. The van der Waals surface area contributed by atoms with Gasteiger partial charge in [0.1, 0.15) is 0 Å². The molecule has 0 saturated carbocycles. The molecule has 5 heteroatoms. The van der Waals surface area contributed by atoms with Gasteiger partial charge in [0.25, 0.3) is 0 Å². The highest BCUT2D eigenvalue weighted by atomic mass is 16.4. The van der Waals surface area contributed by atoms with Gasteiger partial charge in [-0.2, -0.15) is 0 Å². The third kappa shape index (κ3) is 5.24. The Labute approximate surface area is 128 Å². The van der Waals surface area contributed by atoms with Crippen LogP contribution < -0.4 is 0 Å².